The van der Waals surface area contributed by atoms with E-state index >= 15 is 0 Å². The summed E-state index contributed by atoms with van der Waals surface area (Å²) < 4.78 is 5.59. The summed E-state index contributed by atoms with van der Waals surface area (Å²) in [4.78, 5) is 2.20. The molecular formula is C14H20N2O. The van der Waals surface area contributed by atoms with E-state index in [-0.39, 0.29) is 6.04 Å². The van der Waals surface area contributed by atoms with Gasteiger partial charge in [0.2, 0.25) is 0 Å². The molecule has 0 aliphatic rings. The third-order valence-corrected chi connectivity index (χ3v) is 3.09. The fraction of sp³-hybridized carbons (Fsp3) is 0.429. The third-order valence-electron chi connectivity index (χ3n) is 3.09. The molecule has 0 spiro atoms. The first kappa shape index (κ1) is 12.1. The van der Waals surface area contributed by atoms with Crippen LogP contribution in [0.3, 0.4) is 0 Å². The minimum absolute atomic E-state index is 0.177. The van der Waals surface area contributed by atoms with Gasteiger partial charge >= 0.3 is 0 Å². The number of hydrogen-bond acceptors (Lipinski definition) is 3. The number of benzene rings is 1. The zero-order valence-electron chi connectivity index (χ0n) is 10.7. The summed E-state index contributed by atoms with van der Waals surface area (Å²) >= 11 is 0. The van der Waals surface area contributed by atoms with Crippen LogP contribution in [0.1, 0.15) is 24.9 Å². The van der Waals surface area contributed by atoms with Crippen LogP contribution in [-0.2, 0) is 0 Å². The van der Waals surface area contributed by atoms with E-state index in [2.05, 4.69) is 25.1 Å². The van der Waals surface area contributed by atoms with Crippen LogP contribution in [0.25, 0.3) is 11.0 Å². The molecule has 17 heavy (non-hydrogen) atoms. The van der Waals surface area contributed by atoms with Gasteiger partial charge in [0, 0.05) is 23.0 Å². The van der Waals surface area contributed by atoms with Gasteiger partial charge in [-0.05, 0) is 33.5 Å². The molecule has 92 valence electrons. The Kier molecular flexibility index (Phi) is 3.50. The van der Waals surface area contributed by atoms with Crippen LogP contribution in [0.2, 0.25) is 0 Å². The van der Waals surface area contributed by atoms with Crippen molar-refractivity contribution >= 4 is 11.0 Å². The molecular weight excluding hydrogens is 212 g/mol. The Balaban J connectivity index is 2.41. The molecule has 2 atom stereocenters. The first-order valence-electron chi connectivity index (χ1n) is 5.97. The Bertz CT molecular complexity index is 488. The fourth-order valence-electron chi connectivity index (χ4n) is 2.22. The number of nitrogens with two attached hydrogens (primary N) is 1. The highest BCUT2D eigenvalue weighted by Gasteiger charge is 2.20. The number of para-hydroxylation sites is 1. The summed E-state index contributed by atoms with van der Waals surface area (Å²) in [5.41, 5.74) is 8.09. The van der Waals surface area contributed by atoms with Crippen LogP contribution in [0.5, 0.6) is 0 Å². The van der Waals surface area contributed by atoms with Crippen LogP contribution in [0, 0.1) is 0 Å². The molecule has 3 nitrogen and oxygen atoms in total. The topological polar surface area (TPSA) is 42.4 Å². The van der Waals surface area contributed by atoms with Crippen molar-refractivity contribution in [2.45, 2.75) is 25.4 Å². The van der Waals surface area contributed by atoms with Crippen molar-refractivity contribution in [2.24, 2.45) is 5.73 Å². The van der Waals surface area contributed by atoms with Gasteiger partial charge in [0.1, 0.15) is 5.58 Å². The van der Waals surface area contributed by atoms with Crippen molar-refractivity contribution in [1.82, 2.24) is 4.90 Å². The summed E-state index contributed by atoms with van der Waals surface area (Å²) in [6.45, 7) is 2.04. The predicted molar refractivity (Wildman–Crippen MR) is 70.9 cm³/mol. The SMILES string of the molecule is CC(N)CC(c1coc2ccccc12)N(C)C. The van der Waals surface area contributed by atoms with Crippen molar-refractivity contribution < 1.29 is 4.42 Å². The molecule has 2 N–H and O–H groups in total. The van der Waals surface area contributed by atoms with Crippen molar-refractivity contribution in [3.63, 3.8) is 0 Å². The largest absolute Gasteiger partial charge is 0.464 e. The summed E-state index contributed by atoms with van der Waals surface area (Å²) in [5.74, 6) is 0. The average molecular weight is 232 g/mol. The van der Waals surface area contributed by atoms with Gasteiger partial charge in [0.15, 0.2) is 0 Å². The molecule has 0 aliphatic heterocycles. The Hall–Kier alpha value is -1.32. The van der Waals surface area contributed by atoms with Crippen molar-refractivity contribution in [2.75, 3.05) is 14.1 Å². The van der Waals surface area contributed by atoms with Crippen molar-refractivity contribution in [3.8, 4) is 0 Å². The van der Waals surface area contributed by atoms with Gasteiger partial charge in [-0.15, -0.1) is 0 Å². The van der Waals surface area contributed by atoms with Gasteiger partial charge in [-0.1, -0.05) is 18.2 Å². The second-order valence-electron chi connectivity index (χ2n) is 4.88. The van der Waals surface area contributed by atoms with E-state index in [9.17, 15) is 0 Å². The van der Waals surface area contributed by atoms with Crippen LogP contribution < -0.4 is 5.73 Å². The molecule has 0 radical (unpaired) electrons. The molecule has 1 aromatic heterocycles. The maximum atomic E-state index is 5.92. The minimum atomic E-state index is 0.177. The fourth-order valence-corrected chi connectivity index (χ4v) is 2.22. The number of rotatable bonds is 4. The lowest BCUT2D eigenvalue weighted by molar-refractivity contribution is 0.272. The molecule has 1 aromatic carbocycles. The highest BCUT2D eigenvalue weighted by atomic mass is 16.3. The Labute approximate surface area is 102 Å². The first-order valence-corrected chi connectivity index (χ1v) is 5.97. The number of hydrogen-bond donors (Lipinski definition) is 1. The van der Waals surface area contributed by atoms with Gasteiger partial charge in [-0.2, -0.15) is 0 Å². The molecule has 0 aliphatic carbocycles. The summed E-state index contributed by atoms with van der Waals surface area (Å²) in [6, 6.07) is 8.62. The highest BCUT2D eigenvalue weighted by molar-refractivity contribution is 5.81. The lowest BCUT2D eigenvalue weighted by Gasteiger charge is -2.25. The average Bonchev–Trinajstić information content (AvgIpc) is 2.69. The summed E-state index contributed by atoms with van der Waals surface area (Å²) in [5, 5.41) is 1.19. The number of furan rings is 1. The Morgan fingerprint density at radius 3 is 2.65 bits per heavy atom. The zero-order valence-corrected chi connectivity index (χ0v) is 10.7. The molecule has 0 fully saturated rings. The maximum Gasteiger partial charge on any atom is 0.134 e. The standard InChI is InChI=1S/C14H20N2O/c1-10(15)8-13(16(2)3)12-9-17-14-7-5-4-6-11(12)14/h4-7,9-10,13H,8,15H2,1-3H3. The van der Waals surface area contributed by atoms with E-state index in [0.29, 0.717) is 6.04 Å². The monoisotopic (exact) mass is 232 g/mol. The van der Waals surface area contributed by atoms with Crippen LogP contribution in [-0.4, -0.2) is 25.0 Å². The van der Waals surface area contributed by atoms with E-state index in [1.54, 1.807) is 0 Å². The van der Waals surface area contributed by atoms with Crippen LogP contribution in [0.15, 0.2) is 34.9 Å². The van der Waals surface area contributed by atoms with Crippen molar-refractivity contribution in [3.05, 3.63) is 36.1 Å². The molecule has 2 rings (SSSR count). The lowest BCUT2D eigenvalue weighted by atomic mass is 9.99. The first-order chi connectivity index (χ1) is 8.09. The number of nitrogens with zero attached hydrogens (tertiary/aromatic N) is 1. The predicted octanol–water partition coefficient (Wildman–Crippen LogP) is 2.77. The Morgan fingerprint density at radius 2 is 2.00 bits per heavy atom. The lowest BCUT2D eigenvalue weighted by Crippen LogP contribution is -2.27. The highest BCUT2D eigenvalue weighted by Crippen LogP contribution is 2.31. The smallest absolute Gasteiger partial charge is 0.134 e. The van der Waals surface area contributed by atoms with Gasteiger partial charge < -0.3 is 15.1 Å². The molecule has 0 saturated heterocycles. The zero-order chi connectivity index (χ0) is 12.4. The van der Waals surface area contributed by atoms with Crippen LogP contribution in [0.4, 0.5) is 0 Å². The molecule has 0 bridgehead atoms. The molecule has 2 unspecified atom stereocenters. The van der Waals surface area contributed by atoms with Crippen molar-refractivity contribution in [1.29, 1.82) is 0 Å². The quantitative estimate of drug-likeness (QED) is 0.881. The minimum Gasteiger partial charge on any atom is -0.464 e. The van der Waals surface area contributed by atoms with E-state index in [1.165, 1.54) is 10.9 Å². The second kappa shape index (κ2) is 4.90. The van der Waals surface area contributed by atoms with E-state index in [1.807, 2.05) is 31.4 Å². The molecule has 3 heteroatoms. The van der Waals surface area contributed by atoms with E-state index in [0.717, 1.165) is 12.0 Å². The third kappa shape index (κ3) is 2.51. The number of fused-ring (bicyclic) bond motifs is 1. The normalized spacial score (nSPS) is 15.4. The Morgan fingerprint density at radius 1 is 1.29 bits per heavy atom. The molecule has 1 heterocycles. The molecule has 0 amide bonds. The molecule has 0 saturated carbocycles. The van der Waals surface area contributed by atoms with Gasteiger partial charge in [-0.25, -0.2) is 0 Å². The van der Waals surface area contributed by atoms with E-state index < -0.39 is 0 Å². The summed E-state index contributed by atoms with van der Waals surface area (Å²) in [6.07, 6.45) is 2.79. The maximum absolute atomic E-state index is 5.92. The van der Waals surface area contributed by atoms with Gasteiger partial charge in [0.25, 0.3) is 0 Å². The van der Waals surface area contributed by atoms with Crippen LogP contribution >= 0.6 is 0 Å². The molecule has 2 aromatic rings. The second-order valence-corrected chi connectivity index (χ2v) is 4.88. The van der Waals surface area contributed by atoms with Gasteiger partial charge in [0.05, 0.1) is 6.26 Å². The van der Waals surface area contributed by atoms with E-state index in [4.69, 9.17) is 10.2 Å². The van der Waals surface area contributed by atoms with Gasteiger partial charge in [-0.3, -0.25) is 0 Å². The summed E-state index contributed by atoms with van der Waals surface area (Å²) in [7, 11) is 4.16.